The summed E-state index contributed by atoms with van der Waals surface area (Å²) in [5.41, 5.74) is -0.367. The van der Waals surface area contributed by atoms with E-state index in [-0.39, 0.29) is 11.0 Å². The van der Waals surface area contributed by atoms with Crippen LogP contribution < -0.4 is 14.8 Å². The molecule has 0 radical (unpaired) electrons. The molecule has 6 nitrogen and oxygen atoms in total. The number of benzene rings is 2. The second-order valence-corrected chi connectivity index (χ2v) is 9.35. The van der Waals surface area contributed by atoms with Gasteiger partial charge in [-0.05, 0) is 56.5 Å². The van der Waals surface area contributed by atoms with Crippen LogP contribution in [0.4, 0.5) is 23.4 Å². The molecule has 0 aliphatic heterocycles. The Hall–Kier alpha value is -3.14. The molecule has 0 amide bonds. The van der Waals surface area contributed by atoms with Crippen molar-refractivity contribution in [3.05, 3.63) is 53.1 Å². The van der Waals surface area contributed by atoms with Gasteiger partial charge in [0.25, 0.3) is 0 Å². The number of hydrogen-bond donors (Lipinski definition) is 1. The first-order valence-corrected chi connectivity index (χ1v) is 11.7. The van der Waals surface area contributed by atoms with Crippen LogP contribution >= 0.6 is 0 Å². The van der Waals surface area contributed by atoms with E-state index in [9.17, 15) is 17.6 Å². The molecule has 194 valence electrons. The van der Waals surface area contributed by atoms with Crippen molar-refractivity contribution in [3.8, 4) is 11.5 Å². The van der Waals surface area contributed by atoms with Crippen LogP contribution in [0.5, 0.6) is 11.5 Å². The number of alkyl halides is 3. The van der Waals surface area contributed by atoms with Gasteiger partial charge < -0.3 is 19.5 Å². The molecule has 1 saturated carbocycles. The summed E-state index contributed by atoms with van der Waals surface area (Å²) in [6, 6.07) is 5.31. The van der Waals surface area contributed by atoms with Gasteiger partial charge in [0.15, 0.2) is 11.5 Å². The number of nitrogens with one attached hydrogen (secondary N) is 1. The summed E-state index contributed by atoms with van der Waals surface area (Å²) in [6.45, 7) is 4.41. The lowest BCUT2D eigenvalue weighted by atomic mass is 9.70. The lowest BCUT2D eigenvalue weighted by Crippen LogP contribution is -2.39. The van der Waals surface area contributed by atoms with Crippen molar-refractivity contribution < 1.29 is 31.8 Å². The van der Waals surface area contributed by atoms with E-state index in [4.69, 9.17) is 14.2 Å². The fourth-order valence-corrected chi connectivity index (χ4v) is 4.49. The Bertz CT molecular complexity index is 1250. The van der Waals surface area contributed by atoms with Gasteiger partial charge in [0.05, 0.1) is 37.4 Å². The minimum atomic E-state index is -4.65. The average Bonchev–Trinajstić information content (AvgIpc) is 2.79. The van der Waals surface area contributed by atoms with Crippen molar-refractivity contribution >= 4 is 16.7 Å². The normalized spacial score (nSPS) is 15.9. The monoisotopic (exact) mass is 507 g/mol. The first kappa shape index (κ1) is 25.9. The number of rotatable bonds is 9. The van der Waals surface area contributed by atoms with Gasteiger partial charge in [0, 0.05) is 24.0 Å². The molecular weight excluding hydrogens is 478 g/mol. The van der Waals surface area contributed by atoms with Gasteiger partial charge in [-0.3, -0.25) is 0 Å². The highest BCUT2D eigenvalue weighted by molar-refractivity contribution is 5.92. The summed E-state index contributed by atoms with van der Waals surface area (Å²) >= 11 is 0. The molecule has 0 unspecified atom stereocenters. The highest BCUT2D eigenvalue weighted by atomic mass is 19.4. The number of ether oxygens (including phenoxy) is 3. The number of methoxy groups -OCH3 is 2. The summed E-state index contributed by atoms with van der Waals surface area (Å²) in [6.07, 6.45) is -1.51. The molecule has 0 saturated heterocycles. The smallest absolute Gasteiger partial charge is 0.416 e. The molecule has 1 fully saturated rings. The van der Waals surface area contributed by atoms with Crippen LogP contribution in [0.25, 0.3) is 10.9 Å². The molecule has 10 heteroatoms. The van der Waals surface area contributed by atoms with E-state index in [0.29, 0.717) is 53.3 Å². The van der Waals surface area contributed by atoms with Gasteiger partial charge in [-0.1, -0.05) is 6.42 Å². The van der Waals surface area contributed by atoms with Crippen molar-refractivity contribution in [2.75, 3.05) is 32.8 Å². The van der Waals surface area contributed by atoms with E-state index >= 15 is 0 Å². The first-order valence-electron chi connectivity index (χ1n) is 11.7. The summed E-state index contributed by atoms with van der Waals surface area (Å²) in [5.74, 6) is 0.896. The molecule has 2 aromatic carbocycles. The van der Waals surface area contributed by atoms with E-state index in [2.05, 4.69) is 15.3 Å². The number of fused-ring (bicyclic) bond motifs is 1. The first-order chi connectivity index (χ1) is 17.0. The maximum atomic E-state index is 14.0. The molecule has 1 aliphatic rings. The standard InChI is InChI=1S/C26H29F4N3O3/c1-15(17-8-18(26(28,29)30)10-19(27)9-17)31-24-20-11-23(36-14-25(13-34-3)6-5-7-25)22(35-4)12-21(20)32-16(2)33-24/h8-12,15H,5-7,13-14H2,1-4H3,(H,31,32,33)/t15-/m1/s1. The molecule has 1 N–H and O–H groups in total. The van der Waals surface area contributed by atoms with Crippen molar-refractivity contribution in [1.82, 2.24) is 9.97 Å². The highest BCUT2D eigenvalue weighted by Gasteiger charge is 2.38. The molecule has 0 bridgehead atoms. The van der Waals surface area contributed by atoms with Gasteiger partial charge in [-0.15, -0.1) is 0 Å². The zero-order valence-corrected chi connectivity index (χ0v) is 20.6. The van der Waals surface area contributed by atoms with E-state index < -0.39 is 23.6 Å². The third-order valence-electron chi connectivity index (χ3n) is 6.59. The zero-order chi connectivity index (χ0) is 26.1. The van der Waals surface area contributed by atoms with Crippen LogP contribution in [0.15, 0.2) is 30.3 Å². The Morgan fingerprint density at radius 2 is 1.78 bits per heavy atom. The van der Waals surface area contributed by atoms with Crippen molar-refractivity contribution in [3.63, 3.8) is 0 Å². The third kappa shape index (κ3) is 5.48. The fraction of sp³-hybridized carbons (Fsp3) is 0.462. The second kappa shape index (κ2) is 10.1. The minimum Gasteiger partial charge on any atom is -0.493 e. The molecule has 0 spiro atoms. The summed E-state index contributed by atoms with van der Waals surface area (Å²) in [5, 5.41) is 3.73. The number of nitrogens with zero attached hydrogens (tertiary/aromatic N) is 2. The lowest BCUT2D eigenvalue weighted by molar-refractivity contribution is -0.137. The van der Waals surface area contributed by atoms with Crippen molar-refractivity contribution in [2.24, 2.45) is 5.41 Å². The van der Waals surface area contributed by atoms with Crippen LogP contribution in [0, 0.1) is 18.2 Å². The predicted octanol–water partition coefficient (Wildman–Crippen LogP) is 6.47. The van der Waals surface area contributed by atoms with Crippen LogP contribution in [0.2, 0.25) is 0 Å². The van der Waals surface area contributed by atoms with Crippen molar-refractivity contribution in [1.29, 1.82) is 0 Å². The fourth-order valence-electron chi connectivity index (χ4n) is 4.49. The number of aryl methyl sites for hydroxylation is 1. The van der Waals surface area contributed by atoms with Gasteiger partial charge in [0.2, 0.25) is 0 Å². The van der Waals surface area contributed by atoms with Gasteiger partial charge >= 0.3 is 6.18 Å². The molecule has 3 aromatic rings. The van der Waals surface area contributed by atoms with Crippen LogP contribution in [0.1, 0.15) is 49.2 Å². The highest BCUT2D eigenvalue weighted by Crippen LogP contribution is 2.43. The number of anilines is 1. The minimum absolute atomic E-state index is 0.0400. The van der Waals surface area contributed by atoms with Gasteiger partial charge in [0.1, 0.15) is 17.5 Å². The summed E-state index contributed by atoms with van der Waals surface area (Å²) in [7, 11) is 3.21. The Balaban J connectivity index is 1.67. The molecule has 1 aromatic heterocycles. The summed E-state index contributed by atoms with van der Waals surface area (Å²) in [4.78, 5) is 8.94. The Kier molecular flexibility index (Phi) is 7.26. The summed E-state index contributed by atoms with van der Waals surface area (Å²) < 4.78 is 70.7. The van der Waals surface area contributed by atoms with E-state index in [0.717, 1.165) is 31.4 Å². The quantitative estimate of drug-likeness (QED) is 0.335. The largest absolute Gasteiger partial charge is 0.493 e. The van der Waals surface area contributed by atoms with E-state index in [1.165, 1.54) is 0 Å². The lowest BCUT2D eigenvalue weighted by Gasteiger charge is -2.40. The molecular formula is C26H29F4N3O3. The van der Waals surface area contributed by atoms with Gasteiger partial charge in [-0.2, -0.15) is 13.2 Å². The topological polar surface area (TPSA) is 65.5 Å². The Morgan fingerprint density at radius 1 is 1.03 bits per heavy atom. The van der Waals surface area contributed by atoms with Crippen LogP contribution in [0.3, 0.4) is 0 Å². The molecule has 4 rings (SSSR count). The van der Waals surface area contributed by atoms with Crippen molar-refractivity contribution in [2.45, 2.75) is 45.3 Å². The maximum absolute atomic E-state index is 14.0. The Labute approximate surface area is 207 Å². The second-order valence-electron chi connectivity index (χ2n) is 9.35. The van der Waals surface area contributed by atoms with E-state index in [1.54, 1.807) is 40.2 Å². The SMILES string of the molecule is COCC1(COc2cc3c(N[C@H](C)c4cc(F)cc(C(F)(F)F)c4)nc(C)nc3cc2OC)CCC1. The molecule has 1 aliphatic carbocycles. The molecule has 36 heavy (non-hydrogen) atoms. The Morgan fingerprint density at radius 3 is 2.39 bits per heavy atom. The third-order valence-corrected chi connectivity index (χ3v) is 6.59. The average molecular weight is 508 g/mol. The van der Waals surface area contributed by atoms with Gasteiger partial charge in [-0.25, -0.2) is 14.4 Å². The molecule has 1 heterocycles. The van der Waals surface area contributed by atoms with Crippen LogP contribution in [-0.4, -0.2) is 37.4 Å². The molecule has 1 atom stereocenters. The zero-order valence-electron chi connectivity index (χ0n) is 20.6. The van der Waals surface area contributed by atoms with Crippen LogP contribution in [-0.2, 0) is 10.9 Å². The maximum Gasteiger partial charge on any atom is 0.416 e. The number of halogens is 4. The number of hydrogen-bond acceptors (Lipinski definition) is 6. The number of aromatic nitrogens is 2. The van der Waals surface area contributed by atoms with E-state index in [1.807, 2.05) is 0 Å². The predicted molar refractivity (Wildman–Crippen MR) is 128 cm³/mol.